The van der Waals surface area contributed by atoms with Gasteiger partial charge in [-0.3, -0.25) is 9.67 Å². The molecule has 6 aromatic rings. The van der Waals surface area contributed by atoms with E-state index in [1.165, 1.54) is 6.42 Å². The summed E-state index contributed by atoms with van der Waals surface area (Å²) in [6, 6.07) is 22.3. The second-order valence-corrected chi connectivity index (χ2v) is 9.44. The minimum atomic E-state index is -0.221. The summed E-state index contributed by atoms with van der Waals surface area (Å²) in [6.07, 6.45) is 6.72. The standard InChI is InChI=1S/C28H24N8/c29-25-20(5-2-15-31-25)26-34-24-12-11-22(19-4-1-6-23-21(19)16-32-35-23)33-27(24)36(26)18-9-7-17(8-10-18)28(30)13-3-14-28/h1-2,4-12,15-16H,3,13-14,30H2,(H2,29,31)(H,32,35). The van der Waals surface area contributed by atoms with E-state index in [1.54, 1.807) is 6.20 Å². The van der Waals surface area contributed by atoms with Crippen molar-refractivity contribution in [1.82, 2.24) is 29.7 Å². The van der Waals surface area contributed by atoms with Crippen molar-refractivity contribution in [3.05, 3.63) is 84.7 Å². The molecule has 1 saturated carbocycles. The molecule has 0 amide bonds. The minimum absolute atomic E-state index is 0.221. The highest BCUT2D eigenvalue weighted by atomic mass is 15.1. The second kappa shape index (κ2) is 7.73. The molecule has 0 unspecified atom stereocenters. The third-order valence-corrected chi connectivity index (χ3v) is 7.29. The van der Waals surface area contributed by atoms with Crippen LogP contribution in [0.3, 0.4) is 0 Å². The van der Waals surface area contributed by atoms with Crippen LogP contribution in [0.2, 0.25) is 0 Å². The summed E-state index contributed by atoms with van der Waals surface area (Å²) in [7, 11) is 0. The van der Waals surface area contributed by atoms with Crippen molar-refractivity contribution in [3.8, 4) is 28.3 Å². The molecule has 4 aromatic heterocycles. The van der Waals surface area contributed by atoms with Crippen LogP contribution in [0.4, 0.5) is 5.82 Å². The first-order valence-corrected chi connectivity index (χ1v) is 12.0. The highest BCUT2D eigenvalue weighted by Gasteiger charge is 2.34. The number of H-pyrrole nitrogens is 1. The number of imidazole rings is 1. The summed E-state index contributed by atoms with van der Waals surface area (Å²) < 4.78 is 2.05. The van der Waals surface area contributed by atoms with Crippen LogP contribution in [0.5, 0.6) is 0 Å². The Morgan fingerprint density at radius 1 is 0.889 bits per heavy atom. The Bertz CT molecular complexity index is 1740. The van der Waals surface area contributed by atoms with E-state index < -0.39 is 0 Å². The molecule has 0 bridgehead atoms. The van der Waals surface area contributed by atoms with Crippen molar-refractivity contribution in [2.24, 2.45) is 5.73 Å². The molecule has 0 atom stereocenters. The smallest absolute Gasteiger partial charge is 0.165 e. The van der Waals surface area contributed by atoms with Crippen LogP contribution in [0.25, 0.3) is 50.4 Å². The number of anilines is 1. The summed E-state index contributed by atoms with van der Waals surface area (Å²) in [5.74, 6) is 1.12. The molecular weight excluding hydrogens is 448 g/mol. The van der Waals surface area contributed by atoms with E-state index in [0.717, 1.165) is 63.0 Å². The van der Waals surface area contributed by atoms with Crippen LogP contribution in [0.15, 0.2) is 79.1 Å². The van der Waals surface area contributed by atoms with Crippen LogP contribution in [-0.4, -0.2) is 29.7 Å². The Labute approximate surface area is 207 Å². The molecule has 8 nitrogen and oxygen atoms in total. The third-order valence-electron chi connectivity index (χ3n) is 7.29. The summed E-state index contributed by atoms with van der Waals surface area (Å²) in [4.78, 5) is 14.3. The van der Waals surface area contributed by atoms with Gasteiger partial charge < -0.3 is 11.5 Å². The molecule has 0 aliphatic heterocycles. The van der Waals surface area contributed by atoms with Crippen LogP contribution in [0.1, 0.15) is 24.8 Å². The number of nitrogen functional groups attached to an aromatic ring is 1. The minimum Gasteiger partial charge on any atom is -0.383 e. The number of fused-ring (bicyclic) bond motifs is 2. The van der Waals surface area contributed by atoms with Gasteiger partial charge in [0.1, 0.15) is 11.3 Å². The molecule has 5 N–H and O–H groups in total. The van der Waals surface area contributed by atoms with Gasteiger partial charge in [0.2, 0.25) is 0 Å². The normalized spacial score (nSPS) is 14.8. The van der Waals surface area contributed by atoms with E-state index in [4.69, 9.17) is 21.4 Å². The first-order chi connectivity index (χ1) is 17.6. The Morgan fingerprint density at radius 3 is 2.50 bits per heavy atom. The summed E-state index contributed by atoms with van der Waals surface area (Å²) in [5, 5.41) is 8.26. The largest absolute Gasteiger partial charge is 0.383 e. The number of hydrogen-bond acceptors (Lipinski definition) is 6. The first kappa shape index (κ1) is 20.8. The van der Waals surface area contributed by atoms with Gasteiger partial charge in [0.25, 0.3) is 0 Å². The number of benzene rings is 2. The molecule has 2 aromatic carbocycles. The molecule has 1 fully saturated rings. The lowest BCUT2D eigenvalue weighted by Gasteiger charge is -2.38. The van der Waals surface area contributed by atoms with E-state index in [2.05, 4.69) is 50.1 Å². The molecule has 0 radical (unpaired) electrons. The third kappa shape index (κ3) is 3.11. The Balaban J connectivity index is 1.46. The monoisotopic (exact) mass is 472 g/mol. The van der Waals surface area contributed by atoms with Crippen LogP contribution in [0, 0.1) is 0 Å². The number of aromatic amines is 1. The maximum absolute atomic E-state index is 6.58. The molecule has 8 heteroatoms. The predicted molar refractivity (Wildman–Crippen MR) is 141 cm³/mol. The summed E-state index contributed by atoms with van der Waals surface area (Å²) in [5.41, 5.74) is 19.8. The molecule has 7 rings (SSSR count). The fourth-order valence-corrected chi connectivity index (χ4v) is 5.12. The zero-order chi connectivity index (χ0) is 24.3. The van der Waals surface area contributed by atoms with Crippen molar-refractivity contribution < 1.29 is 0 Å². The number of nitrogens with one attached hydrogen (secondary N) is 1. The fraction of sp³-hybridized carbons (Fsp3) is 0.143. The molecule has 0 saturated heterocycles. The predicted octanol–water partition coefficient (Wildman–Crippen LogP) is 4.95. The maximum Gasteiger partial charge on any atom is 0.165 e. The van der Waals surface area contributed by atoms with Crippen molar-refractivity contribution in [3.63, 3.8) is 0 Å². The highest BCUT2D eigenvalue weighted by molar-refractivity contribution is 5.94. The molecule has 36 heavy (non-hydrogen) atoms. The van der Waals surface area contributed by atoms with Gasteiger partial charge in [-0.1, -0.05) is 24.3 Å². The SMILES string of the molecule is Nc1ncccc1-c1nc2ccc(-c3cccc4[nH]ncc34)nc2n1-c1ccc(C2(N)CCC2)cc1. The summed E-state index contributed by atoms with van der Waals surface area (Å²) >= 11 is 0. The second-order valence-electron chi connectivity index (χ2n) is 9.44. The lowest BCUT2D eigenvalue weighted by molar-refractivity contribution is 0.253. The van der Waals surface area contributed by atoms with Gasteiger partial charge in [-0.15, -0.1) is 0 Å². The van der Waals surface area contributed by atoms with Crippen molar-refractivity contribution in [2.45, 2.75) is 24.8 Å². The zero-order valence-corrected chi connectivity index (χ0v) is 19.5. The Morgan fingerprint density at radius 2 is 1.72 bits per heavy atom. The van der Waals surface area contributed by atoms with Gasteiger partial charge in [-0.2, -0.15) is 5.10 Å². The van der Waals surface area contributed by atoms with E-state index in [-0.39, 0.29) is 5.54 Å². The topological polar surface area (TPSA) is 124 Å². The number of rotatable bonds is 4. The van der Waals surface area contributed by atoms with Gasteiger partial charge >= 0.3 is 0 Å². The van der Waals surface area contributed by atoms with Gasteiger partial charge in [0, 0.05) is 28.4 Å². The van der Waals surface area contributed by atoms with E-state index in [0.29, 0.717) is 11.6 Å². The molecule has 176 valence electrons. The van der Waals surface area contributed by atoms with Crippen molar-refractivity contribution in [2.75, 3.05) is 5.73 Å². The van der Waals surface area contributed by atoms with Crippen LogP contribution in [-0.2, 0) is 5.54 Å². The lowest BCUT2D eigenvalue weighted by atomic mass is 9.73. The van der Waals surface area contributed by atoms with Gasteiger partial charge in [0.05, 0.1) is 23.0 Å². The molecular formula is C28H24N8. The van der Waals surface area contributed by atoms with Gasteiger partial charge in [-0.05, 0) is 67.3 Å². The quantitative estimate of drug-likeness (QED) is 0.334. The fourth-order valence-electron chi connectivity index (χ4n) is 5.12. The number of pyridine rings is 2. The van der Waals surface area contributed by atoms with Crippen LogP contribution >= 0.6 is 0 Å². The zero-order valence-electron chi connectivity index (χ0n) is 19.5. The molecule has 4 heterocycles. The average Bonchev–Trinajstić information content (AvgIpc) is 3.52. The molecule has 0 spiro atoms. The number of hydrogen-bond donors (Lipinski definition) is 3. The van der Waals surface area contributed by atoms with Crippen molar-refractivity contribution >= 4 is 27.9 Å². The lowest BCUT2D eigenvalue weighted by Crippen LogP contribution is -2.43. The van der Waals surface area contributed by atoms with Crippen LogP contribution < -0.4 is 11.5 Å². The Hall–Kier alpha value is -4.56. The summed E-state index contributed by atoms with van der Waals surface area (Å²) in [6.45, 7) is 0. The number of nitrogens with two attached hydrogens (primary N) is 2. The van der Waals surface area contributed by atoms with E-state index in [9.17, 15) is 0 Å². The maximum atomic E-state index is 6.58. The number of nitrogens with zero attached hydrogens (tertiary/aromatic N) is 5. The molecule has 1 aliphatic rings. The number of aromatic nitrogens is 6. The average molecular weight is 473 g/mol. The highest BCUT2D eigenvalue weighted by Crippen LogP contribution is 2.39. The van der Waals surface area contributed by atoms with Gasteiger partial charge in [0.15, 0.2) is 11.5 Å². The van der Waals surface area contributed by atoms with Gasteiger partial charge in [-0.25, -0.2) is 15.0 Å². The molecule has 1 aliphatic carbocycles. The van der Waals surface area contributed by atoms with Crippen molar-refractivity contribution in [1.29, 1.82) is 0 Å². The first-order valence-electron chi connectivity index (χ1n) is 12.0. The van der Waals surface area contributed by atoms with E-state index >= 15 is 0 Å². The van der Waals surface area contributed by atoms with E-state index in [1.807, 2.05) is 42.6 Å². The Kier molecular flexibility index (Phi) is 4.46.